The Kier molecular flexibility index (Phi) is 4.08. The number of rotatable bonds is 4. The van der Waals surface area contributed by atoms with Gasteiger partial charge in [-0.3, -0.25) is 4.79 Å². The highest BCUT2D eigenvalue weighted by atomic mass is 35.5. The minimum absolute atomic E-state index is 0.137. The van der Waals surface area contributed by atoms with E-state index in [1.54, 1.807) is 18.3 Å². The van der Waals surface area contributed by atoms with Crippen molar-refractivity contribution in [2.45, 2.75) is 5.16 Å². The van der Waals surface area contributed by atoms with Crippen LogP contribution in [0.5, 0.6) is 0 Å². The van der Waals surface area contributed by atoms with Crippen LogP contribution in [-0.4, -0.2) is 26.6 Å². The molecule has 2 aromatic heterocycles. The van der Waals surface area contributed by atoms with E-state index in [1.165, 1.54) is 11.8 Å². The summed E-state index contributed by atoms with van der Waals surface area (Å²) in [4.78, 5) is 23.4. The number of halogens is 1. The number of hydrogen-bond donors (Lipinski definition) is 2. The molecule has 0 spiro atoms. The van der Waals surface area contributed by atoms with Crippen LogP contribution < -0.4 is 5.32 Å². The fraction of sp³-hybridized carbons (Fsp3) is 0.0714. The number of nitrogens with one attached hydrogen (secondary N) is 2. The van der Waals surface area contributed by atoms with Crippen molar-refractivity contribution in [3.63, 3.8) is 0 Å². The quantitative estimate of drug-likeness (QED) is 0.724. The number of amides is 1. The number of H-pyrrole nitrogens is 1. The van der Waals surface area contributed by atoms with Crippen LogP contribution in [0, 0.1) is 0 Å². The molecule has 0 saturated carbocycles. The second kappa shape index (κ2) is 6.15. The van der Waals surface area contributed by atoms with Gasteiger partial charge in [0.2, 0.25) is 5.91 Å². The topological polar surface area (TPSA) is 70.7 Å². The fourth-order valence-corrected chi connectivity index (χ4v) is 2.63. The van der Waals surface area contributed by atoms with Crippen molar-refractivity contribution in [3.05, 3.63) is 47.6 Å². The van der Waals surface area contributed by atoms with Gasteiger partial charge in [0.1, 0.15) is 0 Å². The monoisotopic (exact) mass is 318 g/mol. The third-order valence-corrected chi connectivity index (χ3v) is 3.93. The summed E-state index contributed by atoms with van der Waals surface area (Å²) in [6.07, 6.45) is 1.68. The molecule has 0 aliphatic heterocycles. The highest BCUT2D eigenvalue weighted by molar-refractivity contribution is 7.99. The molecule has 0 fully saturated rings. The predicted molar refractivity (Wildman–Crippen MR) is 84.7 cm³/mol. The second-order valence-corrected chi connectivity index (χ2v) is 5.60. The van der Waals surface area contributed by atoms with Crippen molar-refractivity contribution in [2.75, 3.05) is 11.1 Å². The first-order valence-corrected chi connectivity index (χ1v) is 7.56. The number of pyridine rings is 1. The number of hydrogen-bond acceptors (Lipinski definition) is 4. The van der Waals surface area contributed by atoms with E-state index in [9.17, 15) is 4.79 Å². The summed E-state index contributed by atoms with van der Waals surface area (Å²) in [5.41, 5.74) is 2.11. The van der Waals surface area contributed by atoms with Crippen LogP contribution in [0.25, 0.3) is 11.2 Å². The summed E-state index contributed by atoms with van der Waals surface area (Å²) in [7, 11) is 0. The Morgan fingerprint density at radius 2 is 2.14 bits per heavy atom. The lowest BCUT2D eigenvalue weighted by molar-refractivity contribution is -0.113. The highest BCUT2D eigenvalue weighted by Gasteiger charge is 2.09. The third kappa shape index (κ3) is 3.34. The Labute approximate surface area is 130 Å². The van der Waals surface area contributed by atoms with Crippen LogP contribution in [0.1, 0.15) is 0 Å². The number of para-hydroxylation sites is 1. The van der Waals surface area contributed by atoms with Crippen molar-refractivity contribution in [2.24, 2.45) is 0 Å². The van der Waals surface area contributed by atoms with Crippen LogP contribution in [0.4, 0.5) is 5.69 Å². The third-order valence-electron chi connectivity index (χ3n) is 2.72. The molecule has 5 nitrogen and oxygen atoms in total. The van der Waals surface area contributed by atoms with Crippen molar-refractivity contribution < 1.29 is 4.79 Å². The molecule has 0 atom stereocenters. The first kappa shape index (κ1) is 13.9. The Morgan fingerprint density at radius 1 is 1.29 bits per heavy atom. The van der Waals surface area contributed by atoms with Gasteiger partial charge in [0.15, 0.2) is 10.8 Å². The highest BCUT2D eigenvalue weighted by Crippen LogP contribution is 2.22. The maximum Gasteiger partial charge on any atom is 0.234 e. The lowest BCUT2D eigenvalue weighted by Crippen LogP contribution is -2.14. The van der Waals surface area contributed by atoms with Gasteiger partial charge in [0, 0.05) is 6.20 Å². The first-order valence-electron chi connectivity index (χ1n) is 6.20. The van der Waals surface area contributed by atoms with Gasteiger partial charge in [-0.15, -0.1) is 0 Å². The number of anilines is 1. The zero-order valence-electron chi connectivity index (χ0n) is 10.8. The molecule has 1 aromatic carbocycles. The van der Waals surface area contributed by atoms with Gasteiger partial charge in [-0.25, -0.2) is 9.97 Å². The molecule has 2 N–H and O–H groups in total. The van der Waals surface area contributed by atoms with Gasteiger partial charge in [0.05, 0.1) is 22.0 Å². The summed E-state index contributed by atoms with van der Waals surface area (Å²) in [5.74, 6) is 0.104. The molecule has 0 unspecified atom stereocenters. The van der Waals surface area contributed by atoms with Crippen molar-refractivity contribution in [1.82, 2.24) is 15.0 Å². The number of carbonyl (C=O) groups is 1. The van der Waals surface area contributed by atoms with E-state index in [1.807, 2.05) is 24.3 Å². The van der Waals surface area contributed by atoms with Gasteiger partial charge in [-0.05, 0) is 24.3 Å². The zero-order chi connectivity index (χ0) is 14.7. The maximum absolute atomic E-state index is 11.9. The number of fused-ring (bicyclic) bond motifs is 1. The summed E-state index contributed by atoms with van der Waals surface area (Å²) < 4.78 is 0. The lowest BCUT2D eigenvalue weighted by atomic mass is 10.3. The van der Waals surface area contributed by atoms with Gasteiger partial charge in [0.25, 0.3) is 0 Å². The summed E-state index contributed by atoms with van der Waals surface area (Å²) in [5, 5.41) is 3.95. The van der Waals surface area contributed by atoms with E-state index in [2.05, 4.69) is 20.3 Å². The average molecular weight is 319 g/mol. The van der Waals surface area contributed by atoms with Crippen molar-refractivity contribution in [1.29, 1.82) is 0 Å². The van der Waals surface area contributed by atoms with Gasteiger partial charge < -0.3 is 10.3 Å². The summed E-state index contributed by atoms with van der Waals surface area (Å²) in [6, 6.07) is 10.8. The number of carbonyl (C=O) groups excluding carboxylic acids is 1. The van der Waals surface area contributed by atoms with E-state index in [-0.39, 0.29) is 11.7 Å². The molecular weight excluding hydrogens is 308 g/mol. The number of aromatic nitrogens is 3. The molecule has 0 radical (unpaired) electrons. The number of aromatic amines is 1. The Hall–Kier alpha value is -2.05. The fourth-order valence-electron chi connectivity index (χ4n) is 1.77. The summed E-state index contributed by atoms with van der Waals surface area (Å²) >= 11 is 7.31. The lowest BCUT2D eigenvalue weighted by Gasteiger charge is -2.05. The predicted octanol–water partition coefficient (Wildman–Crippen LogP) is 3.34. The average Bonchev–Trinajstić information content (AvgIpc) is 2.90. The van der Waals surface area contributed by atoms with Crippen LogP contribution >= 0.6 is 23.4 Å². The van der Waals surface area contributed by atoms with E-state index < -0.39 is 0 Å². The normalized spacial score (nSPS) is 10.7. The molecule has 21 heavy (non-hydrogen) atoms. The molecule has 0 saturated heterocycles. The maximum atomic E-state index is 11.9. The molecule has 2 heterocycles. The Morgan fingerprint density at radius 3 is 2.95 bits per heavy atom. The minimum atomic E-state index is -0.137. The van der Waals surface area contributed by atoms with Gasteiger partial charge >= 0.3 is 0 Å². The zero-order valence-corrected chi connectivity index (χ0v) is 12.4. The van der Waals surface area contributed by atoms with Gasteiger partial charge in [-0.1, -0.05) is 35.5 Å². The van der Waals surface area contributed by atoms with Crippen molar-refractivity contribution in [3.8, 4) is 0 Å². The van der Waals surface area contributed by atoms with Gasteiger partial charge in [-0.2, -0.15) is 0 Å². The first-order chi connectivity index (χ1) is 10.2. The SMILES string of the molecule is O=C(CSc1nc2ncccc2[nH]1)Nc1ccccc1Cl. The summed E-state index contributed by atoms with van der Waals surface area (Å²) in [6.45, 7) is 0. The number of benzene rings is 1. The second-order valence-electron chi connectivity index (χ2n) is 4.23. The molecule has 0 bridgehead atoms. The standard InChI is InChI=1S/C14H11ClN4OS/c15-9-4-1-2-5-10(9)17-12(20)8-21-14-18-11-6-3-7-16-13(11)19-14/h1-7H,8H2,(H,17,20)(H,16,18,19). The molecule has 3 aromatic rings. The van der Waals surface area contributed by atoms with Crippen LogP contribution in [0.2, 0.25) is 5.02 Å². The molecule has 106 valence electrons. The molecule has 0 aliphatic carbocycles. The van der Waals surface area contributed by atoms with Crippen LogP contribution in [-0.2, 0) is 4.79 Å². The molecule has 3 rings (SSSR count). The van der Waals surface area contributed by atoms with E-state index in [0.717, 1.165) is 5.52 Å². The number of thioether (sulfide) groups is 1. The van der Waals surface area contributed by atoms with Crippen molar-refractivity contribution >= 4 is 46.1 Å². The largest absolute Gasteiger partial charge is 0.332 e. The molecule has 0 aliphatic rings. The van der Waals surface area contributed by atoms with E-state index in [4.69, 9.17) is 11.6 Å². The molecular formula is C14H11ClN4OS. The Bertz CT molecular complexity index is 756. The number of nitrogens with zero attached hydrogens (tertiary/aromatic N) is 2. The van der Waals surface area contributed by atoms with Crippen LogP contribution in [0.15, 0.2) is 47.8 Å². The van der Waals surface area contributed by atoms with E-state index in [0.29, 0.717) is 21.5 Å². The van der Waals surface area contributed by atoms with E-state index >= 15 is 0 Å². The minimum Gasteiger partial charge on any atom is -0.332 e. The molecule has 1 amide bonds. The van der Waals surface area contributed by atoms with Crippen LogP contribution in [0.3, 0.4) is 0 Å². The smallest absolute Gasteiger partial charge is 0.234 e. The molecule has 7 heteroatoms. The number of imidazole rings is 1. The Balaban J connectivity index is 1.62.